The van der Waals surface area contributed by atoms with E-state index < -0.39 is 6.04 Å². The molecule has 4 nitrogen and oxygen atoms in total. The van der Waals surface area contributed by atoms with Crippen molar-refractivity contribution in [2.45, 2.75) is 72.5 Å². The largest absolute Gasteiger partial charge is 0.350 e. The summed E-state index contributed by atoms with van der Waals surface area (Å²) in [5.41, 5.74) is 1.89. The molecule has 4 heteroatoms. The highest BCUT2D eigenvalue weighted by atomic mass is 16.2. The van der Waals surface area contributed by atoms with Gasteiger partial charge in [-0.15, -0.1) is 0 Å². The van der Waals surface area contributed by atoms with E-state index in [1.165, 1.54) is 0 Å². The summed E-state index contributed by atoms with van der Waals surface area (Å²) < 4.78 is 0. The van der Waals surface area contributed by atoms with Gasteiger partial charge in [0, 0.05) is 18.5 Å². The summed E-state index contributed by atoms with van der Waals surface area (Å²) in [6.45, 7) is 12.1. The van der Waals surface area contributed by atoms with Gasteiger partial charge in [0.2, 0.25) is 11.8 Å². The normalized spacial score (nSPS) is 12.6. The highest BCUT2D eigenvalue weighted by Crippen LogP contribution is 2.15. The minimum absolute atomic E-state index is 0.00224. The van der Waals surface area contributed by atoms with Gasteiger partial charge in [0.15, 0.2) is 0 Å². The summed E-state index contributed by atoms with van der Waals surface area (Å²) >= 11 is 0. The molecule has 0 heterocycles. The molecule has 0 bridgehead atoms. The van der Waals surface area contributed by atoms with Crippen molar-refractivity contribution < 1.29 is 9.59 Å². The molecule has 0 aliphatic rings. The number of hydrogen-bond donors (Lipinski definition) is 1. The Labute approximate surface area is 140 Å². The predicted octanol–water partition coefficient (Wildman–Crippen LogP) is 3.43. The molecule has 2 amide bonds. The van der Waals surface area contributed by atoms with E-state index in [2.05, 4.69) is 11.4 Å². The van der Waals surface area contributed by atoms with Gasteiger partial charge in [-0.1, -0.05) is 43.7 Å². The van der Waals surface area contributed by atoms with Crippen molar-refractivity contribution in [1.82, 2.24) is 10.2 Å². The highest BCUT2D eigenvalue weighted by Gasteiger charge is 2.29. The van der Waals surface area contributed by atoms with E-state index in [1.807, 2.05) is 59.7 Å². The van der Waals surface area contributed by atoms with Crippen LogP contribution in [0.5, 0.6) is 0 Å². The zero-order valence-electron chi connectivity index (χ0n) is 15.3. The lowest BCUT2D eigenvalue weighted by molar-refractivity contribution is -0.141. The van der Waals surface area contributed by atoms with Crippen LogP contribution in [0, 0.1) is 6.92 Å². The molecule has 1 atom stereocenters. The summed E-state index contributed by atoms with van der Waals surface area (Å²) in [4.78, 5) is 26.7. The number of hydrogen-bond acceptors (Lipinski definition) is 2. The molecule has 0 saturated heterocycles. The number of amides is 2. The molecular formula is C19H30N2O2. The number of benzene rings is 1. The van der Waals surface area contributed by atoms with E-state index in [1.54, 1.807) is 4.90 Å². The van der Waals surface area contributed by atoms with E-state index in [0.717, 1.165) is 11.1 Å². The average molecular weight is 318 g/mol. The Morgan fingerprint density at radius 1 is 1.22 bits per heavy atom. The lowest BCUT2D eigenvalue weighted by Crippen LogP contribution is -2.53. The first-order chi connectivity index (χ1) is 10.7. The third-order valence-electron chi connectivity index (χ3n) is 3.62. The van der Waals surface area contributed by atoms with Crippen LogP contribution in [0.2, 0.25) is 0 Å². The SMILES string of the molecule is CCC(=O)N(Cc1cccc(C)c1)C(CC)C(=O)NC(C)(C)C. The van der Waals surface area contributed by atoms with E-state index in [4.69, 9.17) is 0 Å². The molecule has 1 unspecified atom stereocenters. The van der Waals surface area contributed by atoms with Crippen molar-refractivity contribution in [1.29, 1.82) is 0 Å². The number of carbonyl (C=O) groups is 2. The summed E-state index contributed by atoms with van der Waals surface area (Å²) in [5, 5.41) is 2.99. The van der Waals surface area contributed by atoms with Gasteiger partial charge in [0.1, 0.15) is 6.04 Å². The summed E-state index contributed by atoms with van der Waals surface area (Å²) in [7, 11) is 0. The first-order valence-electron chi connectivity index (χ1n) is 8.35. The van der Waals surface area contributed by atoms with Gasteiger partial charge in [0.05, 0.1) is 0 Å². The topological polar surface area (TPSA) is 49.4 Å². The molecule has 0 saturated carbocycles. The fraction of sp³-hybridized carbons (Fsp3) is 0.579. The average Bonchev–Trinajstić information content (AvgIpc) is 2.44. The van der Waals surface area contributed by atoms with Crippen LogP contribution in [0.3, 0.4) is 0 Å². The lowest BCUT2D eigenvalue weighted by atomic mass is 10.0. The third kappa shape index (κ3) is 6.05. The van der Waals surface area contributed by atoms with Gasteiger partial charge in [0.25, 0.3) is 0 Å². The molecule has 1 rings (SSSR count). The second-order valence-corrected chi connectivity index (χ2v) is 7.03. The number of rotatable bonds is 6. The Morgan fingerprint density at radius 2 is 1.87 bits per heavy atom. The van der Waals surface area contributed by atoms with Crippen LogP contribution in [0.15, 0.2) is 24.3 Å². The zero-order chi connectivity index (χ0) is 17.6. The number of nitrogens with zero attached hydrogens (tertiary/aromatic N) is 1. The summed E-state index contributed by atoms with van der Waals surface area (Å²) in [6.07, 6.45) is 0.991. The van der Waals surface area contributed by atoms with Crippen LogP contribution in [0.25, 0.3) is 0 Å². The molecule has 0 aliphatic carbocycles. The Kier molecular flexibility index (Phi) is 6.79. The standard InChI is InChI=1S/C19H30N2O2/c1-7-16(18(23)20-19(4,5)6)21(17(22)8-2)13-15-11-9-10-14(3)12-15/h9-12,16H,7-8,13H2,1-6H3,(H,20,23). The second kappa shape index (κ2) is 8.14. The van der Waals surface area contributed by atoms with Crippen molar-refractivity contribution in [2.75, 3.05) is 0 Å². The molecule has 0 aromatic heterocycles. The van der Waals surface area contributed by atoms with Gasteiger partial charge in [-0.25, -0.2) is 0 Å². The molecular weight excluding hydrogens is 288 g/mol. The highest BCUT2D eigenvalue weighted by molar-refractivity contribution is 5.87. The molecule has 1 aromatic carbocycles. The molecule has 0 fully saturated rings. The minimum Gasteiger partial charge on any atom is -0.350 e. The zero-order valence-corrected chi connectivity index (χ0v) is 15.3. The Morgan fingerprint density at radius 3 is 2.35 bits per heavy atom. The molecule has 128 valence electrons. The van der Waals surface area contributed by atoms with E-state index in [0.29, 0.717) is 19.4 Å². The fourth-order valence-corrected chi connectivity index (χ4v) is 2.58. The van der Waals surface area contributed by atoms with E-state index in [9.17, 15) is 9.59 Å². The van der Waals surface area contributed by atoms with Crippen molar-refractivity contribution in [3.63, 3.8) is 0 Å². The van der Waals surface area contributed by atoms with Gasteiger partial charge in [-0.3, -0.25) is 9.59 Å². The maximum Gasteiger partial charge on any atom is 0.243 e. The molecule has 0 radical (unpaired) electrons. The van der Waals surface area contributed by atoms with Crippen molar-refractivity contribution in [3.05, 3.63) is 35.4 Å². The number of aryl methyl sites for hydroxylation is 1. The van der Waals surface area contributed by atoms with Gasteiger partial charge < -0.3 is 10.2 Å². The molecule has 0 aliphatic heterocycles. The third-order valence-corrected chi connectivity index (χ3v) is 3.62. The van der Waals surface area contributed by atoms with Crippen LogP contribution >= 0.6 is 0 Å². The van der Waals surface area contributed by atoms with Crippen molar-refractivity contribution in [2.24, 2.45) is 0 Å². The van der Waals surface area contributed by atoms with Gasteiger partial charge >= 0.3 is 0 Å². The summed E-state index contributed by atoms with van der Waals surface area (Å²) in [5.74, 6) is -0.0862. The minimum atomic E-state index is -0.442. The van der Waals surface area contributed by atoms with Crippen molar-refractivity contribution in [3.8, 4) is 0 Å². The molecule has 1 aromatic rings. The molecule has 1 N–H and O–H groups in total. The van der Waals surface area contributed by atoms with Crippen LogP contribution in [-0.2, 0) is 16.1 Å². The Bertz CT molecular complexity index is 547. The Hall–Kier alpha value is -1.84. The number of carbonyl (C=O) groups excluding carboxylic acids is 2. The van der Waals surface area contributed by atoms with Crippen molar-refractivity contribution >= 4 is 11.8 Å². The number of nitrogens with one attached hydrogen (secondary N) is 1. The molecule has 23 heavy (non-hydrogen) atoms. The van der Waals surface area contributed by atoms with E-state index >= 15 is 0 Å². The maximum atomic E-state index is 12.6. The van der Waals surface area contributed by atoms with E-state index in [-0.39, 0.29) is 17.4 Å². The fourth-order valence-electron chi connectivity index (χ4n) is 2.58. The van der Waals surface area contributed by atoms with Crippen LogP contribution in [0.1, 0.15) is 58.6 Å². The lowest BCUT2D eigenvalue weighted by Gasteiger charge is -2.33. The summed E-state index contributed by atoms with van der Waals surface area (Å²) in [6, 6.07) is 7.62. The first-order valence-corrected chi connectivity index (χ1v) is 8.35. The molecule has 0 spiro atoms. The monoisotopic (exact) mass is 318 g/mol. The smallest absolute Gasteiger partial charge is 0.243 e. The quantitative estimate of drug-likeness (QED) is 0.873. The Balaban J connectivity index is 3.03. The second-order valence-electron chi connectivity index (χ2n) is 7.03. The van der Waals surface area contributed by atoms with Gasteiger partial charge in [-0.2, -0.15) is 0 Å². The predicted molar refractivity (Wildman–Crippen MR) is 94.0 cm³/mol. The van der Waals surface area contributed by atoms with Crippen LogP contribution in [-0.4, -0.2) is 28.3 Å². The van der Waals surface area contributed by atoms with Crippen LogP contribution in [0.4, 0.5) is 0 Å². The maximum absolute atomic E-state index is 12.6. The van der Waals surface area contributed by atoms with Gasteiger partial charge in [-0.05, 0) is 39.7 Å². The first kappa shape index (κ1) is 19.2. The van der Waals surface area contributed by atoms with Crippen LogP contribution < -0.4 is 5.32 Å².